The van der Waals surface area contributed by atoms with E-state index in [1.54, 1.807) is 0 Å². The number of likely N-dealkylation sites (tertiary alicyclic amines) is 1. The molecule has 0 spiro atoms. The van der Waals surface area contributed by atoms with Crippen molar-refractivity contribution < 1.29 is 14.4 Å². The second-order valence-corrected chi connectivity index (χ2v) is 5.49. The molecule has 110 valence electrons. The standard InChI is InChI=1S/C15H17N3O3/c1-10-12(18-14(20)13(19)16-15(18)21)7-8-17(10)9-11-5-3-2-4-6-11/h2-6,10,12H,7-9H2,1H3,(H,16,19,21). The van der Waals surface area contributed by atoms with Crippen LogP contribution in [0.25, 0.3) is 0 Å². The number of benzene rings is 1. The first-order valence-electron chi connectivity index (χ1n) is 7.04. The fourth-order valence-corrected chi connectivity index (χ4v) is 3.09. The van der Waals surface area contributed by atoms with E-state index in [2.05, 4.69) is 22.3 Å². The molecule has 0 aromatic heterocycles. The van der Waals surface area contributed by atoms with Crippen LogP contribution in [0.5, 0.6) is 0 Å². The fourth-order valence-electron chi connectivity index (χ4n) is 3.09. The van der Waals surface area contributed by atoms with E-state index in [9.17, 15) is 14.4 Å². The summed E-state index contributed by atoms with van der Waals surface area (Å²) in [5, 5.41) is 2.06. The molecule has 1 N–H and O–H groups in total. The lowest BCUT2D eigenvalue weighted by Crippen LogP contribution is -2.46. The lowest BCUT2D eigenvalue weighted by atomic mass is 10.1. The van der Waals surface area contributed by atoms with Crippen molar-refractivity contribution in [1.82, 2.24) is 15.1 Å². The molecule has 21 heavy (non-hydrogen) atoms. The van der Waals surface area contributed by atoms with Gasteiger partial charge in [-0.3, -0.25) is 24.7 Å². The number of nitrogens with zero attached hydrogens (tertiary/aromatic N) is 2. The molecule has 6 nitrogen and oxygen atoms in total. The van der Waals surface area contributed by atoms with Crippen LogP contribution in [-0.4, -0.2) is 46.3 Å². The molecule has 1 aromatic carbocycles. The van der Waals surface area contributed by atoms with Gasteiger partial charge in [-0.05, 0) is 18.9 Å². The van der Waals surface area contributed by atoms with Crippen molar-refractivity contribution in [2.45, 2.75) is 32.0 Å². The molecule has 0 bridgehead atoms. The Balaban J connectivity index is 1.72. The van der Waals surface area contributed by atoms with E-state index in [1.807, 2.05) is 25.1 Å². The van der Waals surface area contributed by atoms with Crippen molar-refractivity contribution in [3.8, 4) is 0 Å². The normalized spacial score (nSPS) is 26.5. The van der Waals surface area contributed by atoms with Crippen molar-refractivity contribution in [2.75, 3.05) is 6.54 Å². The smallest absolute Gasteiger partial charge is 0.294 e. The van der Waals surface area contributed by atoms with Gasteiger partial charge in [0.1, 0.15) is 0 Å². The van der Waals surface area contributed by atoms with Crippen LogP contribution < -0.4 is 5.32 Å². The number of urea groups is 1. The summed E-state index contributed by atoms with van der Waals surface area (Å²) in [6.45, 7) is 3.56. The Morgan fingerprint density at radius 2 is 1.90 bits per heavy atom. The van der Waals surface area contributed by atoms with Crippen molar-refractivity contribution in [1.29, 1.82) is 0 Å². The molecule has 6 heteroatoms. The third-order valence-corrected chi connectivity index (χ3v) is 4.26. The molecule has 2 aliphatic rings. The van der Waals surface area contributed by atoms with Gasteiger partial charge in [0.2, 0.25) is 0 Å². The molecule has 2 saturated heterocycles. The summed E-state index contributed by atoms with van der Waals surface area (Å²) in [7, 11) is 0. The molecule has 2 aliphatic heterocycles. The topological polar surface area (TPSA) is 69.7 Å². The van der Waals surface area contributed by atoms with E-state index < -0.39 is 17.8 Å². The van der Waals surface area contributed by atoms with Gasteiger partial charge in [0.05, 0.1) is 6.04 Å². The van der Waals surface area contributed by atoms with E-state index in [1.165, 1.54) is 5.56 Å². The number of nitrogens with one attached hydrogen (secondary N) is 1. The van der Waals surface area contributed by atoms with Crippen LogP contribution in [0.15, 0.2) is 30.3 Å². The summed E-state index contributed by atoms with van der Waals surface area (Å²) in [6, 6.07) is 9.25. The van der Waals surface area contributed by atoms with Gasteiger partial charge in [0.25, 0.3) is 0 Å². The van der Waals surface area contributed by atoms with Crippen LogP contribution >= 0.6 is 0 Å². The zero-order chi connectivity index (χ0) is 15.0. The third kappa shape index (κ3) is 2.42. The van der Waals surface area contributed by atoms with Crippen molar-refractivity contribution in [3.63, 3.8) is 0 Å². The Morgan fingerprint density at radius 3 is 2.52 bits per heavy atom. The van der Waals surface area contributed by atoms with E-state index in [0.29, 0.717) is 6.42 Å². The van der Waals surface area contributed by atoms with Crippen LogP contribution in [0.2, 0.25) is 0 Å². The van der Waals surface area contributed by atoms with Crippen molar-refractivity contribution in [2.24, 2.45) is 0 Å². The van der Waals surface area contributed by atoms with E-state index >= 15 is 0 Å². The first kappa shape index (κ1) is 13.8. The molecule has 0 saturated carbocycles. The van der Waals surface area contributed by atoms with E-state index in [-0.39, 0.29) is 12.1 Å². The maximum Gasteiger partial charge on any atom is 0.331 e. The second-order valence-electron chi connectivity index (χ2n) is 5.49. The molecular formula is C15H17N3O3. The Bertz CT molecular complexity index is 587. The number of rotatable bonds is 3. The van der Waals surface area contributed by atoms with Crippen LogP contribution in [0, 0.1) is 0 Å². The molecule has 4 amide bonds. The highest BCUT2D eigenvalue weighted by molar-refractivity contribution is 6.44. The number of hydrogen-bond acceptors (Lipinski definition) is 4. The zero-order valence-corrected chi connectivity index (χ0v) is 11.8. The summed E-state index contributed by atoms with van der Waals surface area (Å²) < 4.78 is 0. The van der Waals surface area contributed by atoms with Gasteiger partial charge in [-0.2, -0.15) is 0 Å². The van der Waals surface area contributed by atoms with Gasteiger partial charge in [-0.15, -0.1) is 0 Å². The quantitative estimate of drug-likeness (QED) is 0.657. The molecule has 2 fully saturated rings. The van der Waals surface area contributed by atoms with Crippen molar-refractivity contribution in [3.05, 3.63) is 35.9 Å². The van der Waals surface area contributed by atoms with Gasteiger partial charge < -0.3 is 0 Å². The molecule has 0 aliphatic carbocycles. The Kier molecular flexibility index (Phi) is 3.47. The largest absolute Gasteiger partial charge is 0.331 e. The highest BCUT2D eigenvalue weighted by Gasteiger charge is 2.46. The molecule has 3 rings (SSSR count). The Hall–Kier alpha value is -2.21. The van der Waals surface area contributed by atoms with Gasteiger partial charge >= 0.3 is 17.8 Å². The average molecular weight is 287 g/mol. The first-order chi connectivity index (χ1) is 10.1. The SMILES string of the molecule is CC1C(N2C(=O)NC(=O)C2=O)CCN1Cc1ccccc1. The fraction of sp³-hybridized carbons (Fsp3) is 0.400. The zero-order valence-electron chi connectivity index (χ0n) is 11.8. The molecular weight excluding hydrogens is 270 g/mol. The maximum absolute atomic E-state index is 11.8. The number of carbonyl (C=O) groups is 3. The summed E-state index contributed by atoms with van der Waals surface area (Å²) >= 11 is 0. The summed E-state index contributed by atoms with van der Waals surface area (Å²) in [6.07, 6.45) is 0.695. The van der Waals surface area contributed by atoms with Gasteiger partial charge in [0.15, 0.2) is 0 Å². The number of amides is 4. The minimum Gasteiger partial charge on any atom is -0.294 e. The summed E-state index contributed by atoms with van der Waals surface area (Å²) in [4.78, 5) is 38.1. The second kappa shape index (κ2) is 5.29. The molecule has 0 radical (unpaired) electrons. The van der Waals surface area contributed by atoms with Gasteiger partial charge in [0, 0.05) is 19.1 Å². The minimum absolute atomic E-state index is 0.0332. The highest BCUT2D eigenvalue weighted by Crippen LogP contribution is 2.26. The molecule has 2 unspecified atom stereocenters. The van der Waals surface area contributed by atoms with Crippen LogP contribution in [-0.2, 0) is 16.1 Å². The molecule has 1 aromatic rings. The Labute approximate surface area is 122 Å². The van der Waals surface area contributed by atoms with Gasteiger partial charge in [-0.1, -0.05) is 30.3 Å². The van der Waals surface area contributed by atoms with E-state index in [4.69, 9.17) is 0 Å². The van der Waals surface area contributed by atoms with Gasteiger partial charge in [-0.25, -0.2) is 4.79 Å². The number of hydrogen-bond donors (Lipinski definition) is 1. The number of imide groups is 2. The first-order valence-corrected chi connectivity index (χ1v) is 7.04. The van der Waals surface area contributed by atoms with Crippen LogP contribution in [0.3, 0.4) is 0 Å². The number of carbonyl (C=O) groups excluding carboxylic acids is 3. The van der Waals surface area contributed by atoms with Crippen LogP contribution in [0.1, 0.15) is 18.9 Å². The van der Waals surface area contributed by atoms with Crippen LogP contribution in [0.4, 0.5) is 4.79 Å². The summed E-state index contributed by atoms with van der Waals surface area (Å²) in [5.41, 5.74) is 1.19. The van der Waals surface area contributed by atoms with E-state index in [0.717, 1.165) is 18.0 Å². The lowest BCUT2D eigenvalue weighted by Gasteiger charge is -2.28. The van der Waals surface area contributed by atoms with Crippen molar-refractivity contribution >= 4 is 17.8 Å². The monoisotopic (exact) mass is 287 g/mol. The Morgan fingerprint density at radius 1 is 1.19 bits per heavy atom. The highest BCUT2D eigenvalue weighted by atomic mass is 16.2. The minimum atomic E-state index is -0.825. The maximum atomic E-state index is 11.8. The average Bonchev–Trinajstić information content (AvgIpc) is 2.93. The molecule has 2 heterocycles. The predicted molar refractivity (Wildman–Crippen MR) is 75.1 cm³/mol. The summed E-state index contributed by atoms with van der Waals surface area (Å²) in [5.74, 6) is -1.56. The third-order valence-electron chi connectivity index (χ3n) is 4.26. The lowest BCUT2D eigenvalue weighted by molar-refractivity contribution is -0.141. The molecule has 2 atom stereocenters. The predicted octanol–water partition coefficient (Wildman–Crippen LogP) is 0.728.